The molecule has 0 radical (unpaired) electrons. The zero-order valence-corrected chi connectivity index (χ0v) is 20.7. The summed E-state index contributed by atoms with van der Waals surface area (Å²) in [5, 5.41) is 12.1. The lowest BCUT2D eigenvalue weighted by molar-refractivity contribution is 0.0599. The van der Waals surface area contributed by atoms with Gasteiger partial charge in [0.15, 0.2) is 0 Å². The summed E-state index contributed by atoms with van der Waals surface area (Å²) in [6, 6.07) is 4.64. The third-order valence-electron chi connectivity index (χ3n) is 7.79. The summed E-state index contributed by atoms with van der Waals surface area (Å²) in [5.74, 6) is 0.594. The second-order valence-electron chi connectivity index (χ2n) is 10.1. The molecule has 36 heavy (non-hydrogen) atoms. The molecule has 0 bridgehead atoms. The summed E-state index contributed by atoms with van der Waals surface area (Å²) >= 11 is 0. The van der Waals surface area contributed by atoms with Crippen LogP contribution in [0.1, 0.15) is 68.1 Å². The van der Waals surface area contributed by atoms with Crippen molar-refractivity contribution in [2.75, 3.05) is 12.4 Å². The SMILES string of the molecule is COC1CCC(NC(=O)c2cnn3ccc(-c4c[nH]c5nc(NC6CCCCC6)ncc45)cc23)CC1. The number of fused-ring (bicyclic) bond motifs is 2. The smallest absolute Gasteiger partial charge is 0.255 e. The molecule has 9 heteroatoms. The zero-order valence-electron chi connectivity index (χ0n) is 20.7. The van der Waals surface area contributed by atoms with Gasteiger partial charge in [-0.05, 0) is 56.2 Å². The van der Waals surface area contributed by atoms with E-state index in [1.807, 2.05) is 30.7 Å². The predicted molar refractivity (Wildman–Crippen MR) is 139 cm³/mol. The lowest BCUT2D eigenvalue weighted by Crippen LogP contribution is -2.38. The number of carbonyl (C=O) groups is 1. The van der Waals surface area contributed by atoms with Gasteiger partial charge in [-0.2, -0.15) is 10.1 Å². The number of aromatic nitrogens is 5. The fourth-order valence-electron chi connectivity index (χ4n) is 5.67. The van der Waals surface area contributed by atoms with Gasteiger partial charge in [0.25, 0.3) is 5.91 Å². The summed E-state index contributed by atoms with van der Waals surface area (Å²) in [5.41, 5.74) is 4.15. The first kappa shape index (κ1) is 23.0. The number of rotatable bonds is 6. The molecule has 0 atom stereocenters. The van der Waals surface area contributed by atoms with Crippen LogP contribution in [0.4, 0.5) is 5.95 Å². The molecule has 0 aromatic carbocycles. The third-order valence-corrected chi connectivity index (χ3v) is 7.79. The van der Waals surface area contributed by atoms with Crippen molar-refractivity contribution in [3.05, 3.63) is 42.5 Å². The van der Waals surface area contributed by atoms with Gasteiger partial charge in [-0.15, -0.1) is 0 Å². The number of hydrogen-bond donors (Lipinski definition) is 3. The van der Waals surface area contributed by atoms with E-state index in [1.165, 1.54) is 32.1 Å². The highest BCUT2D eigenvalue weighted by Gasteiger charge is 2.24. The second-order valence-corrected chi connectivity index (χ2v) is 10.1. The normalized spacial score (nSPS) is 21.1. The highest BCUT2D eigenvalue weighted by molar-refractivity contribution is 6.02. The molecule has 0 unspecified atom stereocenters. The van der Waals surface area contributed by atoms with E-state index >= 15 is 0 Å². The Balaban J connectivity index is 1.23. The molecule has 9 nitrogen and oxygen atoms in total. The maximum Gasteiger partial charge on any atom is 0.255 e. The van der Waals surface area contributed by atoms with Crippen molar-refractivity contribution in [1.29, 1.82) is 0 Å². The topological polar surface area (TPSA) is 109 Å². The molecule has 1 amide bonds. The fourth-order valence-corrected chi connectivity index (χ4v) is 5.67. The Hall–Kier alpha value is -3.46. The molecule has 6 rings (SSSR count). The Kier molecular flexibility index (Phi) is 6.31. The summed E-state index contributed by atoms with van der Waals surface area (Å²) in [4.78, 5) is 25.7. The first-order valence-corrected chi connectivity index (χ1v) is 13.1. The van der Waals surface area contributed by atoms with Crippen LogP contribution in [0.25, 0.3) is 27.7 Å². The van der Waals surface area contributed by atoms with Crippen molar-refractivity contribution in [2.45, 2.75) is 76.0 Å². The van der Waals surface area contributed by atoms with Gasteiger partial charge in [0.05, 0.1) is 23.4 Å². The first-order chi connectivity index (χ1) is 17.7. The minimum Gasteiger partial charge on any atom is -0.381 e. The van der Waals surface area contributed by atoms with Crippen LogP contribution >= 0.6 is 0 Å². The quantitative estimate of drug-likeness (QED) is 0.364. The first-order valence-electron chi connectivity index (χ1n) is 13.1. The van der Waals surface area contributed by atoms with E-state index in [1.54, 1.807) is 17.8 Å². The fraction of sp³-hybridized carbons (Fsp3) is 0.481. The van der Waals surface area contributed by atoms with E-state index in [9.17, 15) is 4.79 Å². The maximum absolute atomic E-state index is 13.1. The number of hydrogen-bond acceptors (Lipinski definition) is 6. The molecule has 2 aliphatic rings. The summed E-state index contributed by atoms with van der Waals surface area (Å²) in [6.45, 7) is 0. The Labute approximate surface area is 210 Å². The summed E-state index contributed by atoms with van der Waals surface area (Å²) in [6.07, 6.45) is 17.7. The Bertz CT molecular complexity index is 1360. The summed E-state index contributed by atoms with van der Waals surface area (Å²) < 4.78 is 7.20. The highest BCUT2D eigenvalue weighted by Crippen LogP contribution is 2.30. The van der Waals surface area contributed by atoms with Crippen LogP contribution in [0.3, 0.4) is 0 Å². The molecule has 0 saturated heterocycles. The van der Waals surface area contributed by atoms with E-state index in [0.717, 1.165) is 53.4 Å². The molecule has 4 heterocycles. The summed E-state index contributed by atoms with van der Waals surface area (Å²) in [7, 11) is 1.76. The van der Waals surface area contributed by atoms with Crippen LogP contribution < -0.4 is 10.6 Å². The Morgan fingerprint density at radius 2 is 1.92 bits per heavy atom. The maximum atomic E-state index is 13.1. The van der Waals surface area contributed by atoms with Crippen molar-refractivity contribution in [3.8, 4) is 11.1 Å². The highest BCUT2D eigenvalue weighted by atomic mass is 16.5. The number of ether oxygens (including phenoxy) is 1. The number of nitrogens with zero attached hydrogens (tertiary/aromatic N) is 4. The van der Waals surface area contributed by atoms with Gasteiger partial charge in [-0.25, -0.2) is 9.50 Å². The lowest BCUT2D eigenvalue weighted by atomic mass is 9.93. The Morgan fingerprint density at radius 1 is 1.08 bits per heavy atom. The van der Waals surface area contributed by atoms with Gasteiger partial charge in [-0.3, -0.25) is 4.79 Å². The number of amides is 1. The van der Waals surface area contributed by atoms with Crippen LogP contribution in [0, 0.1) is 0 Å². The van der Waals surface area contributed by atoms with Crippen LogP contribution in [0.2, 0.25) is 0 Å². The largest absolute Gasteiger partial charge is 0.381 e. The Morgan fingerprint density at radius 3 is 2.72 bits per heavy atom. The van der Waals surface area contributed by atoms with Crippen molar-refractivity contribution < 1.29 is 9.53 Å². The lowest BCUT2D eigenvalue weighted by Gasteiger charge is -2.28. The molecule has 2 aliphatic carbocycles. The third kappa shape index (κ3) is 4.55. The van der Waals surface area contributed by atoms with Crippen molar-refractivity contribution in [1.82, 2.24) is 29.9 Å². The molecule has 2 saturated carbocycles. The van der Waals surface area contributed by atoms with Gasteiger partial charge in [-0.1, -0.05) is 19.3 Å². The molecule has 0 spiro atoms. The minimum absolute atomic E-state index is 0.0799. The van der Waals surface area contributed by atoms with Gasteiger partial charge in [0.1, 0.15) is 5.65 Å². The monoisotopic (exact) mass is 487 g/mol. The standard InChI is InChI=1S/C27H33N7O2/c1-36-20-9-7-19(8-10-20)31-26(35)23-16-30-34-12-11-17(13-24(23)34)21-14-28-25-22(21)15-29-27(33-25)32-18-5-3-2-4-6-18/h11-16,18-20H,2-10H2,1H3,(H,31,35)(H2,28,29,32,33). The van der Waals surface area contributed by atoms with Crippen LogP contribution in [-0.4, -0.2) is 55.8 Å². The van der Waals surface area contributed by atoms with E-state index in [-0.39, 0.29) is 11.9 Å². The molecule has 3 N–H and O–H groups in total. The number of H-pyrrole nitrogens is 1. The van der Waals surface area contributed by atoms with Crippen LogP contribution in [0.5, 0.6) is 0 Å². The molecular weight excluding hydrogens is 454 g/mol. The molecule has 0 aliphatic heterocycles. The van der Waals surface area contributed by atoms with Crippen molar-refractivity contribution in [3.63, 3.8) is 0 Å². The predicted octanol–water partition coefficient (Wildman–Crippen LogP) is 4.70. The number of pyridine rings is 1. The van der Waals surface area contributed by atoms with Gasteiger partial charge < -0.3 is 20.4 Å². The van der Waals surface area contributed by atoms with E-state index in [4.69, 9.17) is 9.72 Å². The van der Waals surface area contributed by atoms with E-state index in [0.29, 0.717) is 23.7 Å². The van der Waals surface area contributed by atoms with E-state index in [2.05, 4.69) is 25.7 Å². The number of nitrogens with one attached hydrogen (secondary N) is 3. The number of aromatic amines is 1. The van der Waals surface area contributed by atoms with Gasteiger partial charge >= 0.3 is 0 Å². The molecule has 4 aromatic rings. The van der Waals surface area contributed by atoms with Crippen molar-refractivity contribution >= 4 is 28.4 Å². The van der Waals surface area contributed by atoms with Crippen LogP contribution in [0.15, 0.2) is 36.9 Å². The average Bonchev–Trinajstić information content (AvgIpc) is 3.53. The number of methoxy groups -OCH3 is 1. The average molecular weight is 488 g/mol. The molecular formula is C27H33N7O2. The molecule has 2 fully saturated rings. The van der Waals surface area contributed by atoms with Crippen LogP contribution in [-0.2, 0) is 4.74 Å². The number of anilines is 1. The minimum atomic E-state index is -0.0799. The molecule has 188 valence electrons. The zero-order chi connectivity index (χ0) is 24.5. The van der Waals surface area contributed by atoms with Crippen molar-refractivity contribution in [2.24, 2.45) is 0 Å². The second kappa shape index (κ2) is 9.89. The van der Waals surface area contributed by atoms with Gasteiger partial charge in [0.2, 0.25) is 5.95 Å². The molecule has 4 aromatic heterocycles. The van der Waals surface area contributed by atoms with E-state index < -0.39 is 0 Å². The number of carbonyl (C=O) groups excluding carboxylic acids is 1. The van der Waals surface area contributed by atoms with Gasteiger partial charge in [0, 0.05) is 48.7 Å².